The molecule has 0 bridgehead atoms. The van der Waals surface area contributed by atoms with Gasteiger partial charge < -0.3 is 20.3 Å². The number of anilines is 2. The van der Waals surface area contributed by atoms with Crippen molar-refractivity contribution in [3.63, 3.8) is 0 Å². The fourth-order valence-electron chi connectivity index (χ4n) is 2.23. The van der Waals surface area contributed by atoms with Gasteiger partial charge in [-0.05, 0) is 66.9 Å². The second kappa shape index (κ2) is 7.02. The van der Waals surface area contributed by atoms with E-state index >= 15 is 0 Å². The van der Waals surface area contributed by atoms with Crippen molar-refractivity contribution in [2.24, 2.45) is 0 Å². The van der Waals surface area contributed by atoms with E-state index in [1.54, 1.807) is 19.2 Å². The number of aromatic nitrogens is 1. The first-order chi connectivity index (χ1) is 11.6. The van der Waals surface area contributed by atoms with Crippen LogP contribution in [0.1, 0.15) is 5.69 Å². The van der Waals surface area contributed by atoms with Crippen LogP contribution in [-0.4, -0.2) is 17.2 Å². The Kier molecular flexibility index (Phi) is 4.82. The van der Waals surface area contributed by atoms with E-state index in [1.165, 1.54) is 23.3 Å². The van der Waals surface area contributed by atoms with Crippen molar-refractivity contribution in [2.75, 3.05) is 17.6 Å². The Morgan fingerprint density at radius 1 is 1.21 bits per heavy atom. The number of rotatable bonds is 5. The topological polar surface area (TPSA) is 80.4 Å². The average molecular weight is 359 g/mol. The Hall–Kier alpha value is -2.38. The van der Waals surface area contributed by atoms with Crippen molar-refractivity contribution in [3.05, 3.63) is 48.2 Å². The van der Waals surface area contributed by atoms with Gasteiger partial charge in [0.05, 0.1) is 22.6 Å². The van der Waals surface area contributed by atoms with Gasteiger partial charge >= 0.3 is 0 Å². The molecule has 0 radical (unpaired) electrons. The number of nitrogens with one attached hydrogen (secondary N) is 1. The zero-order chi connectivity index (χ0) is 17.1. The molecule has 4 N–H and O–H groups in total. The molecule has 0 saturated carbocycles. The van der Waals surface area contributed by atoms with Gasteiger partial charge in [-0.25, -0.2) is 4.98 Å². The summed E-state index contributed by atoms with van der Waals surface area (Å²) >= 11 is 2.92. The zero-order valence-electron chi connectivity index (χ0n) is 13.2. The fraction of sp³-hybridized carbons (Fsp3) is 0.118. The Balaban J connectivity index is 1.86. The van der Waals surface area contributed by atoms with Gasteiger partial charge in [-0.15, -0.1) is 0 Å². The summed E-state index contributed by atoms with van der Waals surface area (Å²) in [5.41, 5.74) is 8.67. The molecular formula is C17H17N3O2S2. The van der Waals surface area contributed by atoms with Crippen LogP contribution in [0.4, 0.5) is 10.8 Å². The molecule has 24 heavy (non-hydrogen) atoms. The van der Waals surface area contributed by atoms with Crippen LogP contribution in [0, 0.1) is 6.92 Å². The van der Waals surface area contributed by atoms with Gasteiger partial charge in [0.25, 0.3) is 0 Å². The Morgan fingerprint density at radius 2 is 1.96 bits per heavy atom. The van der Waals surface area contributed by atoms with Crippen LogP contribution in [0.3, 0.4) is 0 Å². The van der Waals surface area contributed by atoms with E-state index < -0.39 is 0 Å². The minimum atomic E-state index is 0.239. The number of aromatic hydroxyl groups is 1. The first-order valence-corrected chi connectivity index (χ1v) is 8.83. The van der Waals surface area contributed by atoms with Crippen molar-refractivity contribution in [3.8, 4) is 21.9 Å². The molecule has 2 aromatic carbocycles. The van der Waals surface area contributed by atoms with Crippen molar-refractivity contribution in [2.45, 2.75) is 11.8 Å². The smallest absolute Gasteiger partial charge is 0.180 e. The number of hydrogen-bond donors (Lipinski definition) is 3. The minimum absolute atomic E-state index is 0.239. The molecule has 0 spiro atoms. The number of ether oxygens (including phenoxy) is 1. The Morgan fingerprint density at radius 3 is 2.58 bits per heavy atom. The molecule has 3 aromatic rings. The van der Waals surface area contributed by atoms with Crippen LogP contribution in [0.25, 0.3) is 10.4 Å². The van der Waals surface area contributed by atoms with Crippen LogP contribution in [-0.2, 0) is 0 Å². The van der Waals surface area contributed by atoms with E-state index in [2.05, 4.69) is 15.8 Å². The molecule has 0 aliphatic heterocycles. The van der Waals surface area contributed by atoms with E-state index in [9.17, 15) is 5.11 Å². The van der Waals surface area contributed by atoms with Crippen LogP contribution in [0.5, 0.6) is 11.5 Å². The number of aryl methyl sites for hydroxylation is 1. The number of hydrogen-bond acceptors (Lipinski definition) is 7. The molecule has 0 unspecified atom stereocenters. The lowest BCUT2D eigenvalue weighted by Crippen LogP contribution is -1.91. The second-order valence-corrected chi connectivity index (χ2v) is 6.96. The van der Waals surface area contributed by atoms with Crippen molar-refractivity contribution in [1.29, 1.82) is 0 Å². The molecule has 7 heteroatoms. The molecule has 5 nitrogen and oxygen atoms in total. The third-order valence-corrected chi connectivity index (χ3v) is 5.30. The normalized spacial score (nSPS) is 10.6. The molecule has 124 valence electrons. The van der Waals surface area contributed by atoms with E-state index in [4.69, 9.17) is 10.5 Å². The van der Waals surface area contributed by atoms with Crippen LogP contribution < -0.4 is 15.2 Å². The monoisotopic (exact) mass is 359 g/mol. The maximum atomic E-state index is 9.34. The van der Waals surface area contributed by atoms with Crippen LogP contribution in [0.2, 0.25) is 0 Å². The molecule has 3 rings (SSSR count). The highest BCUT2D eigenvalue weighted by atomic mass is 32.2. The summed E-state index contributed by atoms with van der Waals surface area (Å²) in [4.78, 5) is 6.29. The molecule has 0 amide bonds. The number of benzene rings is 2. The van der Waals surface area contributed by atoms with Crippen molar-refractivity contribution < 1.29 is 9.84 Å². The van der Waals surface area contributed by atoms with Gasteiger partial charge in [0.2, 0.25) is 0 Å². The lowest BCUT2D eigenvalue weighted by atomic mass is 10.1. The Labute approximate surface area is 148 Å². The predicted molar refractivity (Wildman–Crippen MR) is 101 cm³/mol. The van der Waals surface area contributed by atoms with E-state index in [0.717, 1.165) is 32.5 Å². The van der Waals surface area contributed by atoms with Gasteiger partial charge in [0.1, 0.15) is 11.5 Å². The van der Waals surface area contributed by atoms with Gasteiger partial charge in [-0.2, -0.15) is 0 Å². The third kappa shape index (κ3) is 3.58. The van der Waals surface area contributed by atoms with Crippen molar-refractivity contribution >= 4 is 34.1 Å². The number of methoxy groups -OCH3 is 1. The minimum Gasteiger partial charge on any atom is -0.508 e. The molecule has 0 aliphatic carbocycles. The predicted octanol–water partition coefficient (Wildman–Crippen LogP) is 4.53. The number of nitrogens with two attached hydrogens (primary N) is 1. The number of phenolic OH excluding ortho intramolecular Hbond substituents is 1. The van der Waals surface area contributed by atoms with Crippen LogP contribution >= 0.6 is 23.3 Å². The fourth-order valence-corrected chi connectivity index (χ4v) is 3.86. The summed E-state index contributed by atoms with van der Waals surface area (Å²) in [6, 6.07) is 12.9. The van der Waals surface area contributed by atoms with Gasteiger partial charge in [0.15, 0.2) is 5.13 Å². The highest BCUT2D eigenvalue weighted by Crippen LogP contribution is 2.37. The van der Waals surface area contributed by atoms with Crippen molar-refractivity contribution in [1.82, 2.24) is 4.98 Å². The molecular weight excluding hydrogens is 342 g/mol. The SMILES string of the molecule is COc1ccc(-c2sc(N)nc2C)cc1SNc1ccc(O)cc1. The summed E-state index contributed by atoms with van der Waals surface area (Å²) < 4.78 is 8.69. The molecule has 0 atom stereocenters. The van der Waals surface area contributed by atoms with E-state index in [1.807, 2.05) is 31.2 Å². The number of thiazole rings is 1. The summed E-state index contributed by atoms with van der Waals surface area (Å²) in [6.07, 6.45) is 0. The summed E-state index contributed by atoms with van der Waals surface area (Å²) in [5.74, 6) is 1.02. The molecule has 1 aromatic heterocycles. The highest BCUT2D eigenvalue weighted by Gasteiger charge is 2.12. The quantitative estimate of drug-likeness (QED) is 0.459. The Bertz CT molecular complexity index is 848. The molecule has 0 aliphatic rings. The summed E-state index contributed by atoms with van der Waals surface area (Å²) in [6.45, 7) is 1.95. The zero-order valence-corrected chi connectivity index (χ0v) is 14.9. The average Bonchev–Trinajstić information content (AvgIpc) is 2.92. The van der Waals surface area contributed by atoms with Gasteiger partial charge in [0, 0.05) is 5.69 Å². The number of nitrogens with zero attached hydrogens (tertiary/aromatic N) is 1. The lowest BCUT2D eigenvalue weighted by Gasteiger charge is -2.11. The number of phenols is 1. The van der Waals surface area contributed by atoms with E-state index in [-0.39, 0.29) is 5.75 Å². The third-order valence-electron chi connectivity index (χ3n) is 3.39. The lowest BCUT2D eigenvalue weighted by molar-refractivity contribution is 0.405. The van der Waals surface area contributed by atoms with Gasteiger partial charge in [-0.1, -0.05) is 11.3 Å². The second-order valence-electron chi connectivity index (χ2n) is 5.08. The standard InChI is InChI=1S/C17H17N3O2S2/c1-10-16(23-17(18)19-10)11-3-8-14(22-2)15(9-11)24-20-12-4-6-13(21)7-5-12/h3-9,20-21H,1-2H3,(H2,18,19). The van der Waals surface area contributed by atoms with E-state index in [0.29, 0.717) is 5.13 Å². The van der Waals surface area contributed by atoms with Crippen LogP contribution in [0.15, 0.2) is 47.4 Å². The maximum absolute atomic E-state index is 9.34. The first-order valence-electron chi connectivity index (χ1n) is 7.20. The summed E-state index contributed by atoms with van der Waals surface area (Å²) in [5, 5.41) is 9.91. The maximum Gasteiger partial charge on any atom is 0.180 e. The largest absolute Gasteiger partial charge is 0.508 e. The molecule has 0 saturated heterocycles. The summed E-state index contributed by atoms with van der Waals surface area (Å²) in [7, 11) is 1.65. The molecule has 1 heterocycles. The molecule has 0 fully saturated rings. The highest BCUT2D eigenvalue weighted by molar-refractivity contribution is 8.00. The number of nitrogen functional groups attached to an aromatic ring is 1. The van der Waals surface area contributed by atoms with Gasteiger partial charge in [-0.3, -0.25) is 0 Å². The first kappa shape index (κ1) is 16.5.